The lowest BCUT2D eigenvalue weighted by molar-refractivity contribution is 0.308. The lowest BCUT2D eigenvalue weighted by Crippen LogP contribution is -2.21. The van der Waals surface area contributed by atoms with Crippen molar-refractivity contribution in [2.45, 2.75) is 39.3 Å². The molecule has 96 valence electrons. The molecule has 0 radical (unpaired) electrons. The van der Waals surface area contributed by atoms with Crippen LogP contribution in [0.25, 0.3) is 10.2 Å². The number of aryl methyl sites for hydroxylation is 2. The number of hydrogen-bond acceptors (Lipinski definition) is 5. The molecule has 1 fully saturated rings. The summed E-state index contributed by atoms with van der Waals surface area (Å²) < 4.78 is 0. The van der Waals surface area contributed by atoms with Gasteiger partial charge in [-0.25, -0.2) is 9.97 Å². The summed E-state index contributed by atoms with van der Waals surface area (Å²) in [5, 5.41) is 1.04. The highest BCUT2D eigenvalue weighted by Crippen LogP contribution is 2.32. The molecule has 0 saturated heterocycles. The molecule has 1 aliphatic carbocycles. The van der Waals surface area contributed by atoms with Gasteiger partial charge in [0.15, 0.2) is 0 Å². The van der Waals surface area contributed by atoms with E-state index in [4.69, 9.17) is 5.73 Å². The average Bonchev–Trinajstić information content (AvgIpc) is 3.07. The van der Waals surface area contributed by atoms with Crippen molar-refractivity contribution in [1.29, 1.82) is 0 Å². The van der Waals surface area contributed by atoms with Crippen LogP contribution in [0.1, 0.15) is 29.1 Å². The van der Waals surface area contributed by atoms with Gasteiger partial charge < -0.3 is 5.73 Å². The molecule has 0 unspecified atom stereocenters. The van der Waals surface area contributed by atoms with Gasteiger partial charge in [0.2, 0.25) is 0 Å². The largest absolute Gasteiger partial charge is 0.383 e. The smallest absolute Gasteiger partial charge is 0.146 e. The quantitative estimate of drug-likeness (QED) is 0.923. The molecule has 0 bridgehead atoms. The molecule has 0 aliphatic heterocycles. The van der Waals surface area contributed by atoms with Gasteiger partial charge in [-0.3, -0.25) is 4.90 Å². The number of thiophene rings is 1. The molecule has 0 aromatic carbocycles. The van der Waals surface area contributed by atoms with E-state index in [1.165, 1.54) is 23.3 Å². The molecule has 3 rings (SSSR count). The zero-order valence-corrected chi connectivity index (χ0v) is 11.8. The summed E-state index contributed by atoms with van der Waals surface area (Å²) in [4.78, 5) is 13.7. The van der Waals surface area contributed by atoms with E-state index in [1.54, 1.807) is 11.3 Å². The Morgan fingerprint density at radius 2 is 2.06 bits per heavy atom. The van der Waals surface area contributed by atoms with Gasteiger partial charge in [-0.15, -0.1) is 11.3 Å². The Balaban J connectivity index is 1.98. The Morgan fingerprint density at radius 1 is 1.33 bits per heavy atom. The summed E-state index contributed by atoms with van der Waals surface area (Å²) in [5.74, 6) is 1.47. The highest BCUT2D eigenvalue weighted by atomic mass is 32.1. The molecular weight excluding hydrogens is 244 g/mol. The van der Waals surface area contributed by atoms with E-state index in [9.17, 15) is 0 Å². The van der Waals surface area contributed by atoms with Crippen LogP contribution in [0.4, 0.5) is 5.82 Å². The fourth-order valence-corrected chi connectivity index (χ4v) is 3.32. The van der Waals surface area contributed by atoms with Crippen molar-refractivity contribution < 1.29 is 0 Å². The van der Waals surface area contributed by atoms with Gasteiger partial charge in [-0.1, -0.05) is 0 Å². The highest BCUT2D eigenvalue weighted by molar-refractivity contribution is 7.18. The summed E-state index contributed by atoms with van der Waals surface area (Å²) in [5.41, 5.74) is 7.29. The highest BCUT2D eigenvalue weighted by Gasteiger charge is 2.26. The van der Waals surface area contributed by atoms with Crippen LogP contribution in [-0.2, 0) is 6.54 Å². The van der Waals surface area contributed by atoms with Crippen LogP contribution in [0.3, 0.4) is 0 Å². The fraction of sp³-hybridized carbons (Fsp3) is 0.538. The summed E-state index contributed by atoms with van der Waals surface area (Å²) >= 11 is 1.71. The van der Waals surface area contributed by atoms with E-state index < -0.39 is 0 Å². The van der Waals surface area contributed by atoms with E-state index in [1.807, 2.05) is 0 Å². The Kier molecular flexibility index (Phi) is 2.75. The molecule has 1 saturated carbocycles. The molecule has 0 amide bonds. The van der Waals surface area contributed by atoms with Crippen LogP contribution in [0, 0.1) is 13.8 Å². The Bertz CT molecular complexity index is 601. The second kappa shape index (κ2) is 4.17. The first-order chi connectivity index (χ1) is 8.56. The number of nitrogens with zero attached hydrogens (tertiary/aromatic N) is 3. The first-order valence-corrected chi connectivity index (χ1v) is 7.10. The minimum atomic E-state index is 0.626. The number of fused-ring (bicyclic) bond motifs is 1. The van der Waals surface area contributed by atoms with Gasteiger partial charge in [-0.05, 0) is 39.3 Å². The zero-order chi connectivity index (χ0) is 12.9. The molecule has 2 aromatic rings. The number of rotatable bonds is 3. The Hall–Kier alpha value is -1.20. The molecule has 2 aromatic heterocycles. The maximum Gasteiger partial charge on any atom is 0.146 e. The van der Waals surface area contributed by atoms with E-state index in [-0.39, 0.29) is 0 Å². The Morgan fingerprint density at radius 3 is 2.72 bits per heavy atom. The molecule has 0 atom stereocenters. The van der Waals surface area contributed by atoms with Crippen molar-refractivity contribution in [3.05, 3.63) is 16.3 Å². The van der Waals surface area contributed by atoms with Crippen LogP contribution in [0.2, 0.25) is 0 Å². The van der Waals surface area contributed by atoms with Gasteiger partial charge in [0.25, 0.3) is 0 Å². The van der Waals surface area contributed by atoms with E-state index in [0.29, 0.717) is 5.82 Å². The second-order valence-corrected chi connectivity index (χ2v) is 6.34. The fourth-order valence-electron chi connectivity index (χ4n) is 2.26. The molecule has 4 nitrogen and oxygen atoms in total. The van der Waals surface area contributed by atoms with Crippen LogP contribution in [0.5, 0.6) is 0 Å². The summed E-state index contributed by atoms with van der Waals surface area (Å²) in [6.45, 7) is 4.99. The second-order valence-electron chi connectivity index (χ2n) is 5.13. The van der Waals surface area contributed by atoms with Crippen molar-refractivity contribution >= 4 is 27.4 Å². The summed E-state index contributed by atoms with van der Waals surface area (Å²) in [6, 6.07) is 0.720. The number of nitrogens with two attached hydrogens (primary N) is 1. The van der Waals surface area contributed by atoms with Crippen LogP contribution < -0.4 is 5.73 Å². The first kappa shape index (κ1) is 11.9. The summed E-state index contributed by atoms with van der Waals surface area (Å²) in [7, 11) is 2.13. The van der Waals surface area contributed by atoms with Gasteiger partial charge in [0.1, 0.15) is 16.5 Å². The minimum Gasteiger partial charge on any atom is -0.383 e. The lowest BCUT2D eigenvalue weighted by atomic mass is 10.2. The molecule has 2 heterocycles. The van der Waals surface area contributed by atoms with Crippen molar-refractivity contribution in [2.75, 3.05) is 12.8 Å². The van der Waals surface area contributed by atoms with Gasteiger partial charge in [0.05, 0.1) is 11.9 Å². The van der Waals surface area contributed by atoms with Crippen molar-refractivity contribution in [1.82, 2.24) is 14.9 Å². The molecular formula is C13H18N4S. The number of aromatic nitrogens is 2. The molecule has 18 heavy (non-hydrogen) atoms. The van der Waals surface area contributed by atoms with Crippen LogP contribution in [0.15, 0.2) is 0 Å². The third-order valence-corrected chi connectivity index (χ3v) is 4.77. The predicted molar refractivity (Wildman–Crippen MR) is 75.8 cm³/mol. The van der Waals surface area contributed by atoms with Gasteiger partial charge in [-0.2, -0.15) is 0 Å². The number of hydrogen-bond donors (Lipinski definition) is 1. The summed E-state index contributed by atoms with van der Waals surface area (Å²) in [6.07, 6.45) is 2.59. The van der Waals surface area contributed by atoms with Crippen molar-refractivity contribution in [3.63, 3.8) is 0 Å². The SMILES string of the molecule is Cc1sc2nc(CN(C)C3CC3)nc(N)c2c1C. The van der Waals surface area contributed by atoms with E-state index >= 15 is 0 Å². The molecule has 1 aliphatic rings. The zero-order valence-electron chi connectivity index (χ0n) is 11.0. The molecule has 5 heteroatoms. The normalized spacial score (nSPS) is 15.8. The van der Waals surface area contributed by atoms with E-state index in [2.05, 4.69) is 35.8 Å². The monoisotopic (exact) mass is 262 g/mol. The number of anilines is 1. The third-order valence-electron chi connectivity index (χ3n) is 3.66. The van der Waals surface area contributed by atoms with Crippen LogP contribution >= 0.6 is 11.3 Å². The first-order valence-electron chi connectivity index (χ1n) is 6.28. The third kappa shape index (κ3) is 1.97. The van der Waals surface area contributed by atoms with Gasteiger partial charge >= 0.3 is 0 Å². The average molecular weight is 262 g/mol. The maximum absolute atomic E-state index is 6.08. The minimum absolute atomic E-state index is 0.626. The maximum atomic E-state index is 6.08. The lowest BCUT2D eigenvalue weighted by Gasteiger charge is -2.14. The topological polar surface area (TPSA) is 55.0 Å². The standard InChI is InChI=1S/C13H18N4S/c1-7-8(2)18-13-11(7)12(14)15-10(16-13)6-17(3)9-4-5-9/h9H,4-6H2,1-3H3,(H2,14,15,16). The molecule has 0 spiro atoms. The molecule has 2 N–H and O–H groups in total. The van der Waals surface area contributed by atoms with Crippen molar-refractivity contribution in [2.24, 2.45) is 0 Å². The van der Waals surface area contributed by atoms with E-state index in [0.717, 1.165) is 28.6 Å². The number of nitrogen functional groups attached to an aromatic ring is 1. The van der Waals surface area contributed by atoms with Gasteiger partial charge in [0, 0.05) is 10.9 Å². The van der Waals surface area contributed by atoms with Crippen molar-refractivity contribution in [3.8, 4) is 0 Å². The predicted octanol–water partition coefficient (Wildman–Crippen LogP) is 2.48. The van der Waals surface area contributed by atoms with Crippen LogP contribution in [-0.4, -0.2) is 28.0 Å². The Labute approximate surface area is 111 Å².